The number of amides is 1. The molecule has 1 fully saturated rings. The van der Waals surface area contributed by atoms with Gasteiger partial charge in [0.15, 0.2) is 0 Å². The molecule has 1 aliphatic rings. The van der Waals surface area contributed by atoms with Gasteiger partial charge in [-0.25, -0.2) is 0 Å². The summed E-state index contributed by atoms with van der Waals surface area (Å²) in [7, 11) is 1.79. The number of hydrogen-bond acceptors (Lipinski definition) is 2. The van der Waals surface area contributed by atoms with E-state index in [0.717, 1.165) is 6.42 Å². The van der Waals surface area contributed by atoms with Gasteiger partial charge in [0.25, 0.3) is 0 Å². The maximum absolute atomic E-state index is 11.9. The van der Waals surface area contributed by atoms with E-state index in [2.05, 4.69) is 5.32 Å². The highest BCUT2D eigenvalue weighted by Gasteiger charge is 2.31. The molecule has 1 heterocycles. The monoisotopic (exact) mass is 260 g/mol. The molecule has 1 saturated heterocycles. The van der Waals surface area contributed by atoms with Gasteiger partial charge in [-0.05, 0) is 13.5 Å². The average molecular weight is 261 g/mol. The maximum Gasteiger partial charge on any atom is 0.389 e. The van der Waals surface area contributed by atoms with E-state index in [-0.39, 0.29) is 18.4 Å². The second-order valence-corrected chi connectivity index (χ2v) is 3.73. The molecule has 0 bridgehead atoms. The van der Waals surface area contributed by atoms with Crippen LogP contribution in [0.15, 0.2) is 0 Å². The number of alkyl halides is 3. The van der Waals surface area contributed by atoms with Crippen LogP contribution in [-0.2, 0) is 4.79 Å². The Morgan fingerprint density at radius 1 is 1.50 bits per heavy atom. The van der Waals surface area contributed by atoms with Gasteiger partial charge in [0.2, 0.25) is 5.91 Å². The zero-order valence-electron chi connectivity index (χ0n) is 9.01. The van der Waals surface area contributed by atoms with Gasteiger partial charge in [-0.1, -0.05) is 0 Å². The Morgan fingerprint density at radius 3 is 2.56 bits per heavy atom. The fraction of sp³-hybridized carbons (Fsp3) is 0.889. The molecule has 0 spiro atoms. The Kier molecular flexibility index (Phi) is 6.10. The third-order valence-electron chi connectivity index (χ3n) is 2.57. The molecule has 7 heteroatoms. The van der Waals surface area contributed by atoms with Crippen molar-refractivity contribution < 1.29 is 18.0 Å². The van der Waals surface area contributed by atoms with Crippen LogP contribution in [0.3, 0.4) is 0 Å². The molecule has 3 nitrogen and oxygen atoms in total. The van der Waals surface area contributed by atoms with E-state index >= 15 is 0 Å². The van der Waals surface area contributed by atoms with Crippen molar-refractivity contribution in [3.8, 4) is 0 Å². The van der Waals surface area contributed by atoms with Gasteiger partial charge in [0.1, 0.15) is 0 Å². The van der Waals surface area contributed by atoms with Crippen molar-refractivity contribution in [3.05, 3.63) is 0 Å². The minimum Gasteiger partial charge on any atom is -0.341 e. The lowest BCUT2D eigenvalue weighted by molar-refractivity contribution is -0.148. The number of likely N-dealkylation sites (N-methyl/N-ethyl adjacent to an activating group) is 1. The van der Waals surface area contributed by atoms with Crippen molar-refractivity contribution in [2.75, 3.05) is 20.1 Å². The normalized spacial score (nSPS) is 20.8. The highest BCUT2D eigenvalue weighted by atomic mass is 35.5. The number of nitrogens with one attached hydrogen (secondary N) is 1. The molecule has 0 radical (unpaired) electrons. The van der Waals surface area contributed by atoms with Crippen molar-refractivity contribution >= 4 is 18.3 Å². The summed E-state index contributed by atoms with van der Waals surface area (Å²) < 4.78 is 35.6. The lowest BCUT2D eigenvalue weighted by Gasteiger charge is -2.16. The van der Waals surface area contributed by atoms with Crippen molar-refractivity contribution in [3.63, 3.8) is 0 Å². The molecule has 0 aromatic heterocycles. The summed E-state index contributed by atoms with van der Waals surface area (Å²) in [5.74, 6) is -0.398. The van der Waals surface area contributed by atoms with Crippen LogP contribution in [0.2, 0.25) is 0 Å². The Morgan fingerprint density at radius 2 is 2.12 bits per heavy atom. The molecule has 1 rings (SSSR count). The molecule has 1 N–H and O–H groups in total. The summed E-state index contributed by atoms with van der Waals surface area (Å²) in [6.45, 7) is 1.08. The third kappa shape index (κ3) is 5.03. The second-order valence-electron chi connectivity index (χ2n) is 3.73. The van der Waals surface area contributed by atoms with E-state index in [0.29, 0.717) is 13.1 Å². The summed E-state index contributed by atoms with van der Waals surface area (Å²) in [6, 6.07) is 0.222. The molecule has 1 aliphatic heterocycles. The van der Waals surface area contributed by atoms with Gasteiger partial charge >= 0.3 is 6.18 Å². The van der Waals surface area contributed by atoms with Crippen molar-refractivity contribution in [2.45, 2.75) is 31.5 Å². The number of halogens is 4. The van der Waals surface area contributed by atoms with Crippen LogP contribution < -0.4 is 5.32 Å². The zero-order valence-corrected chi connectivity index (χ0v) is 9.83. The zero-order chi connectivity index (χ0) is 11.5. The highest BCUT2D eigenvalue weighted by molar-refractivity contribution is 5.85. The largest absolute Gasteiger partial charge is 0.389 e. The Labute approximate surface area is 98.8 Å². The number of nitrogens with zero attached hydrogens (tertiary/aromatic N) is 1. The van der Waals surface area contributed by atoms with Gasteiger partial charge in [-0.2, -0.15) is 13.2 Å². The summed E-state index contributed by atoms with van der Waals surface area (Å²) in [4.78, 5) is 12.8. The molecular formula is C9H16ClF3N2O. The minimum atomic E-state index is -4.24. The first-order valence-corrected chi connectivity index (χ1v) is 4.94. The topological polar surface area (TPSA) is 32.3 Å². The van der Waals surface area contributed by atoms with Gasteiger partial charge in [0, 0.05) is 25.6 Å². The van der Waals surface area contributed by atoms with E-state index in [1.54, 1.807) is 7.05 Å². The number of likely N-dealkylation sites (tertiary alicyclic amines) is 1. The number of rotatable bonds is 3. The molecule has 0 aromatic carbocycles. The Balaban J connectivity index is 0.00000225. The maximum atomic E-state index is 11.9. The third-order valence-corrected chi connectivity index (χ3v) is 2.57. The molecule has 1 amide bonds. The summed E-state index contributed by atoms with van der Waals surface area (Å²) in [5, 5.41) is 3.00. The van der Waals surface area contributed by atoms with Crippen molar-refractivity contribution in [1.82, 2.24) is 10.2 Å². The minimum absolute atomic E-state index is 0. The molecule has 16 heavy (non-hydrogen) atoms. The first-order valence-electron chi connectivity index (χ1n) is 4.94. The summed E-state index contributed by atoms with van der Waals surface area (Å²) >= 11 is 0. The SMILES string of the molecule is CNC1CCN(C(=O)CCC(F)(F)F)C1.Cl. The van der Waals surface area contributed by atoms with E-state index < -0.39 is 24.9 Å². The van der Waals surface area contributed by atoms with E-state index in [4.69, 9.17) is 0 Å². The molecule has 0 aromatic rings. The average Bonchev–Trinajstić information content (AvgIpc) is 2.61. The molecule has 0 aliphatic carbocycles. The van der Waals surface area contributed by atoms with Crippen LogP contribution in [0, 0.1) is 0 Å². The summed E-state index contributed by atoms with van der Waals surface area (Å²) in [5.41, 5.74) is 0. The second kappa shape index (κ2) is 6.30. The van der Waals surface area contributed by atoms with Gasteiger partial charge in [-0.3, -0.25) is 4.79 Å². The highest BCUT2D eigenvalue weighted by Crippen LogP contribution is 2.22. The summed E-state index contributed by atoms with van der Waals surface area (Å²) in [6.07, 6.45) is -4.88. The first kappa shape index (κ1) is 15.5. The first-order chi connectivity index (χ1) is 6.92. The number of carbonyl (C=O) groups excluding carboxylic acids is 1. The van der Waals surface area contributed by atoms with Crippen LogP contribution in [0.1, 0.15) is 19.3 Å². The van der Waals surface area contributed by atoms with Crippen LogP contribution in [0.4, 0.5) is 13.2 Å². The standard InChI is InChI=1S/C9H15F3N2O.ClH/c1-13-7-3-5-14(6-7)8(15)2-4-9(10,11)12;/h7,13H,2-6H2,1H3;1H. The van der Waals surface area contributed by atoms with E-state index in [9.17, 15) is 18.0 Å². The van der Waals surface area contributed by atoms with E-state index in [1.807, 2.05) is 0 Å². The number of carbonyl (C=O) groups is 1. The van der Waals surface area contributed by atoms with Crippen molar-refractivity contribution in [2.24, 2.45) is 0 Å². The number of hydrogen-bond donors (Lipinski definition) is 1. The lowest BCUT2D eigenvalue weighted by Crippen LogP contribution is -2.33. The lowest BCUT2D eigenvalue weighted by atomic mass is 10.2. The Hall–Kier alpha value is -0.490. The molecule has 0 saturated carbocycles. The van der Waals surface area contributed by atoms with Gasteiger partial charge in [0.05, 0.1) is 6.42 Å². The van der Waals surface area contributed by atoms with Crippen molar-refractivity contribution in [1.29, 1.82) is 0 Å². The van der Waals surface area contributed by atoms with Crippen LogP contribution in [0.25, 0.3) is 0 Å². The molecular weight excluding hydrogens is 245 g/mol. The predicted molar refractivity (Wildman–Crippen MR) is 56.6 cm³/mol. The Bertz CT molecular complexity index is 235. The smallest absolute Gasteiger partial charge is 0.341 e. The van der Waals surface area contributed by atoms with Gasteiger partial charge < -0.3 is 10.2 Å². The van der Waals surface area contributed by atoms with Crippen LogP contribution >= 0.6 is 12.4 Å². The van der Waals surface area contributed by atoms with Crippen LogP contribution in [0.5, 0.6) is 0 Å². The fourth-order valence-corrected chi connectivity index (χ4v) is 1.63. The quantitative estimate of drug-likeness (QED) is 0.836. The molecule has 1 atom stereocenters. The van der Waals surface area contributed by atoms with Crippen LogP contribution in [-0.4, -0.2) is 43.2 Å². The molecule has 1 unspecified atom stereocenters. The van der Waals surface area contributed by atoms with Gasteiger partial charge in [-0.15, -0.1) is 12.4 Å². The molecule has 96 valence electrons. The predicted octanol–water partition coefficient (Wildman–Crippen LogP) is 1.57. The fourth-order valence-electron chi connectivity index (χ4n) is 1.63. The van der Waals surface area contributed by atoms with E-state index in [1.165, 1.54) is 4.90 Å².